The van der Waals surface area contributed by atoms with Crippen molar-refractivity contribution >= 4 is 11.9 Å². The van der Waals surface area contributed by atoms with Gasteiger partial charge in [-0.05, 0) is 18.8 Å². The zero-order valence-corrected chi connectivity index (χ0v) is 9.51. The van der Waals surface area contributed by atoms with Crippen molar-refractivity contribution in [2.75, 3.05) is 14.2 Å². The highest BCUT2D eigenvalue weighted by atomic mass is 16.5. The van der Waals surface area contributed by atoms with Gasteiger partial charge in [-0.3, -0.25) is 4.79 Å². The second-order valence-corrected chi connectivity index (χ2v) is 3.60. The first-order valence-corrected chi connectivity index (χ1v) is 5.19. The van der Waals surface area contributed by atoms with Gasteiger partial charge in [-0.25, -0.2) is 4.79 Å². The minimum atomic E-state index is -0.404. The maximum Gasteiger partial charge on any atom is 0.330 e. The quantitative estimate of drug-likeness (QED) is 0.414. The number of allylic oxidation sites excluding steroid dienone is 2. The summed E-state index contributed by atoms with van der Waals surface area (Å²) in [6, 6.07) is 0. The molecule has 0 bridgehead atoms. The Hall–Kier alpha value is -1.58. The molecule has 2 unspecified atom stereocenters. The third-order valence-electron chi connectivity index (χ3n) is 2.63. The van der Waals surface area contributed by atoms with Crippen LogP contribution in [0.5, 0.6) is 0 Å². The predicted octanol–water partition coefficient (Wildman–Crippen LogP) is 1.47. The van der Waals surface area contributed by atoms with Crippen LogP contribution in [0.25, 0.3) is 0 Å². The van der Waals surface area contributed by atoms with Gasteiger partial charge in [0, 0.05) is 6.08 Å². The van der Waals surface area contributed by atoms with E-state index in [1.165, 1.54) is 20.3 Å². The van der Waals surface area contributed by atoms with Gasteiger partial charge in [0.25, 0.3) is 0 Å². The molecule has 0 aromatic heterocycles. The van der Waals surface area contributed by atoms with Crippen LogP contribution in [0.1, 0.15) is 12.8 Å². The Bertz CT molecular complexity index is 317. The van der Waals surface area contributed by atoms with E-state index in [0.717, 1.165) is 12.8 Å². The normalized spacial score (nSPS) is 24.4. The molecular weight excluding hydrogens is 208 g/mol. The van der Waals surface area contributed by atoms with E-state index in [4.69, 9.17) is 4.74 Å². The van der Waals surface area contributed by atoms with E-state index in [2.05, 4.69) is 4.74 Å². The first-order valence-electron chi connectivity index (χ1n) is 5.19. The monoisotopic (exact) mass is 224 g/mol. The van der Waals surface area contributed by atoms with Crippen molar-refractivity contribution in [3.05, 3.63) is 24.3 Å². The van der Waals surface area contributed by atoms with Crippen LogP contribution in [0.2, 0.25) is 0 Å². The van der Waals surface area contributed by atoms with Gasteiger partial charge < -0.3 is 9.47 Å². The number of ether oxygens (including phenoxy) is 2. The summed E-state index contributed by atoms with van der Waals surface area (Å²) in [7, 11) is 2.69. The van der Waals surface area contributed by atoms with E-state index in [9.17, 15) is 9.59 Å². The zero-order chi connectivity index (χ0) is 12.0. The van der Waals surface area contributed by atoms with Gasteiger partial charge >= 0.3 is 11.9 Å². The molecule has 2 atom stereocenters. The molecule has 1 aliphatic rings. The fourth-order valence-electron chi connectivity index (χ4n) is 1.73. The SMILES string of the molecule is COC(=O)/C=C/C1CCC=CC1C(=O)OC. The highest BCUT2D eigenvalue weighted by molar-refractivity contribution is 5.82. The molecule has 16 heavy (non-hydrogen) atoms. The molecule has 0 aromatic carbocycles. The number of esters is 2. The predicted molar refractivity (Wildman–Crippen MR) is 58.5 cm³/mol. The third-order valence-corrected chi connectivity index (χ3v) is 2.63. The zero-order valence-electron chi connectivity index (χ0n) is 9.51. The van der Waals surface area contributed by atoms with Gasteiger partial charge in [0.2, 0.25) is 0 Å². The molecule has 4 nitrogen and oxygen atoms in total. The second kappa shape index (κ2) is 6.10. The molecule has 1 rings (SSSR count). The Balaban J connectivity index is 2.70. The molecule has 88 valence electrons. The Morgan fingerprint density at radius 1 is 1.31 bits per heavy atom. The van der Waals surface area contributed by atoms with E-state index >= 15 is 0 Å². The smallest absolute Gasteiger partial charge is 0.330 e. The number of hydrogen-bond donors (Lipinski definition) is 0. The van der Waals surface area contributed by atoms with E-state index in [1.54, 1.807) is 6.08 Å². The lowest BCUT2D eigenvalue weighted by molar-refractivity contribution is -0.145. The van der Waals surface area contributed by atoms with Gasteiger partial charge in [-0.15, -0.1) is 0 Å². The first kappa shape index (κ1) is 12.5. The highest BCUT2D eigenvalue weighted by Gasteiger charge is 2.26. The summed E-state index contributed by atoms with van der Waals surface area (Å²) in [4.78, 5) is 22.4. The van der Waals surface area contributed by atoms with E-state index in [1.807, 2.05) is 12.2 Å². The summed E-state index contributed by atoms with van der Waals surface area (Å²) < 4.78 is 9.22. The van der Waals surface area contributed by atoms with E-state index in [0.29, 0.717) is 0 Å². The van der Waals surface area contributed by atoms with Crippen LogP contribution in [-0.4, -0.2) is 26.2 Å². The summed E-state index contributed by atoms with van der Waals surface area (Å²) in [5.41, 5.74) is 0. The molecule has 0 aromatic rings. The van der Waals surface area contributed by atoms with Crippen LogP contribution < -0.4 is 0 Å². The fraction of sp³-hybridized carbons (Fsp3) is 0.500. The minimum absolute atomic E-state index is 0.0107. The molecule has 0 saturated carbocycles. The highest BCUT2D eigenvalue weighted by Crippen LogP contribution is 2.26. The largest absolute Gasteiger partial charge is 0.469 e. The number of carbonyl (C=O) groups excluding carboxylic acids is 2. The number of methoxy groups -OCH3 is 2. The number of hydrogen-bond acceptors (Lipinski definition) is 4. The van der Waals surface area contributed by atoms with Gasteiger partial charge in [-0.2, -0.15) is 0 Å². The lowest BCUT2D eigenvalue weighted by atomic mass is 9.83. The lowest BCUT2D eigenvalue weighted by Gasteiger charge is -2.22. The van der Waals surface area contributed by atoms with Crippen molar-refractivity contribution < 1.29 is 19.1 Å². The van der Waals surface area contributed by atoms with Crippen LogP contribution >= 0.6 is 0 Å². The van der Waals surface area contributed by atoms with Gasteiger partial charge in [-0.1, -0.05) is 18.2 Å². The van der Waals surface area contributed by atoms with Crippen molar-refractivity contribution in [1.82, 2.24) is 0 Å². The Morgan fingerprint density at radius 2 is 2.06 bits per heavy atom. The molecule has 0 amide bonds. The van der Waals surface area contributed by atoms with Crippen molar-refractivity contribution in [2.24, 2.45) is 11.8 Å². The minimum Gasteiger partial charge on any atom is -0.469 e. The summed E-state index contributed by atoms with van der Waals surface area (Å²) in [5.74, 6) is -0.954. The van der Waals surface area contributed by atoms with Crippen LogP contribution in [-0.2, 0) is 19.1 Å². The maximum absolute atomic E-state index is 11.5. The summed E-state index contributed by atoms with van der Waals surface area (Å²) in [6.45, 7) is 0. The molecule has 4 heteroatoms. The molecule has 0 spiro atoms. The van der Waals surface area contributed by atoms with Crippen molar-refractivity contribution in [3.63, 3.8) is 0 Å². The fourth-order valence-corrected chi connectivity index (χ4v) is 1.73. The molecule has 0 fully saturated rings. The maximum atomic E-state index is 11.5. The molecule has 0 radical (unpaired) electrons. The summed E-state index contributed by atoms with van der Waals surface area (Å²) in [5, 5.41) is 0. The van der Waals surface area contributed by atoms with E-state index in [-0.39, 0.29) is 17.8 Å². The van der Waals surface area contributed by atoms with Crippen LogP contribution in [0.4, 0.5) is 0 Å². The summed E-state index contributed by atoms with van der Waals surface area (Å²) in [6.07, 6.45) is 8.62. The molecule has 0 aliphatic heterocycles. The van der Waals surface area contributed by atoms with Gasteiger partial charge in [0.1, 0.15) is 0 Å². The molecule has 0 heterocycles. The van der Waals surface area contributed by atoms with E-state index < -0.39 is 5.97 Å². The van der Waals surface area contributed by atoms with Gasteiger partial charge in [0.05, 0.1) is 20.1 Å². The second-order valence-electron chi connectivity index (χ2n) is 3.60. The Morgan fingerprint density at radius 3 is 2.69 bits per heavy atom. The van der Waals surface area contributed by atoms with Crippen molar-refractivity contribution in [2.45, 2.75) is 12.8 Å². The topological polar surface area (TPSA) is 52.6 Å². The average Bonchev–Trinajstić information content (AvgIpc) is 2.35. The molecule has 0 saturated heterocycles. The molecule has 1 aliphatic carbocycles. The Labute approximate surface area is 94.9 Å². The number of rotatable bonds is 3. The van der Waals surface area contributed by atoms with Gasteiger partial charge in [0.15, 0.2) is 0 Å². The van der Waals surface area contributed by atoms with Crippen LogP contribution in [0.3, 0.4) is 0 Å². The summed E-state index contributed by atoms with van der Waals surface area (Å²) >= 11 is 0. The Kier molecular flexibility index (Phi) is 4.76. The molecular formula is C12H16O4. The van der Waals surface area contributed by atoms with Crippen molar-refractivity contribution in [3.8, 4) is 0 Å². The third kappa shape index (κ3) is 3.22. The number of carbonyl (C=O) groups is 2. The van der Waals surface area contributed by atoms with Crippen LogP contribution in [0.15, 0.2) is 24.3 Å². The lowest BCUT2D eigenvalue weighted by Crippen LogP contribution is -2.24. The molecule has 0 N–H and O–H groups in total. The average molecular weight is 224 g/mol. The van der Waals surface area contributed by atoms with Crippen molar-refractivity contribution in [1.29, 1.82) is 0 Å². The van der Waals surface area contributed by atoms with Crippen LogP contribution in [0, 0.1) is 11.8 Å². The standard InChI is InChI=1S/C12H16O4/c1-15-11(13)8-7-9-5-3-4-6-10(9)12(14)16-2/h4,6-10H,3,5H2,1-2H3/b8-7+. The first-order chi connectivity index (χ1) is 7.69.